The first-order chi connectivity index (χ1) is 24.2. The van der Waals surface area contributed by atoms with Crippen LogP contribution in [-0.2, 0) is 5.41 Å². The van der Waals surface area contributed by atoms with Gasteiger partial charge in [-0.3, -0.25) is 0 Å². The number of benzene rings is 8. The SMILES string of the molecule is Clc1cc(N(c2ccccc2)c2ccc(-c3ccccc3)cc2)c2c(c1)C1(c3ccccc3-c3ccccc31)c1ccc3ccccc3c1-2. The van der Waals surface area contributed by atoms with Crippen molar-refractivity contribution >= 4 is 39.4 Å². The van der Waals surface area contributed by atoms with Gasteiger partial charge in [-0.05, 0) is 97.2 Å². The van der Waals surface area contributed by atoms with Crippen molar-refractivity contribution in [2.24, 2.45) is 0 Å². The van der Waals surface area contributed by atoms with E-state index >= 15 is 0 Å². The fourth-order valence-electron chi connectivity index (χ4n) is 8.58. The van der Waals surface area contributed by atoms with Crippen LogP contribution in [0.1, 0.15) is 22.3 Å². The third kappa shape index (κ3) is 4.00. The van der Waals surface area contributed by atoms with Crippen LogP contribution in [0.3, 0.4) is 0 Å². The summed E-state index contributed by atoms with van der Waals surface area (Å²) >= 11 is 7.30. The average Bonchev–Trinajstić information content (AvgIpc) is 3.63. The van der Waals surface area contributed by atoms with E-state index < -0.39 is 5.41 Å². The van der Waals surface area contributed by atoms with E-state index in [1.165, 1.54) is 66.4 Å². The molecule has 2 aliphatic rings. The highest BCUT2D eigenvalue weighted by atomic mass is 35.5. The number of rotatable bonds is 4. The first-order valence-electron chi connectivity index (χ1n) is 16.8. The third-order valence-electron chi connectivity index (χ3n) is 10.5. The minimum absolute atomic E-state index is 0.513. The second-order valence-corrected chi connectivity index (χ2v) is 13.4. The number of hydrogen-bond acceptors (Lipinski definition) is 1. The van der Waals surface area contributed by atoms with Crippen molar-refractivity contribution in [3.8, 4) is 33.4 Å². The molecule has 0 saturated carbocycles. The number of para-hydroxylation sites is 1. The van der Waals surface area contributed by atoms with Crippen LogP contribution in [-0.4, -0.2) is 0 Å². The van der Waals surface area contributed by atoms with E-state index in [1.54, 1.807) is 0 Å². The maximum atomic E-state index is 7.30. The normalized spacial score (nSPS) is 13.2. The van der Waals surface area contributed by atoms with Crippen molar-refractivity contribution < 1.29 is 0 Å². The summed E-state index contributed by atoms with van der Waals surface area (Å²) in [6, 6.07) is 65.9. The second kappa shape index (κ2) is 10.8. The van der Waals surface area contributed by atoms with Gasteiger partial charge in [0, 0.05) is 22.0 Å². The van der Waals surface area contributed by atoms with Crippen LogP contribution in [0.4, 0.5) is 17.1 Å². The van der Waals surface area contributed by atoms with Crippen LogP contribution in [0.25, 0.3) is 44.2 Å². The van der Waals surface area contributed by atoms with Gasteiger partial charge in [-0.25, -0.2) is 0 Å². The lowest BCUT2D eigenvalue weighted by atomic mass is 9.70. The fourth-order valence-corrected chi connectivity index (χ4v) is 8.79. The Balaban J connectivity index is 1.32. The van der Waals surface area contributed by atoms with Crippen molar-refractivity contribution in [2.45, 2.75) is 5.41 Å². The highest BCUT2D eigenvalue weighted by molar-refractivity contribution is 6.31. The van der Waals surface area contributed by atoms with Crippen LogP contribution >= 0.6 is 11.6 Å². The minimum Gasteiger partial charge on any atom is -0.310 e. The number of anilines is 3. The molecule has 0 bridgehead atoms. The van der Waals surface area contributed by atoms with E-state index in [0.717, 1.165) is 17.1 Å². The number of fused-ring (bicyclic) bond motifs is 12. The Hall–Kier alpha value is -5.89. The van der Waals surface area contributed by atoms with Crippen molar-refractivity contribution in [1.82, 2.24) is 0 Å². The van der Waals surface area contributed by atoms with Gasteiger partial charge >= 0.3 is 0 Å². The molecule has 0 amide bonds. The molecule has 0 unspecified atom stereocenters. The van der Waals surface area contributed by atoms with Crippen LogP contribution in [0.5, 0.6) is 0 Å². The Bertz CT molecular complexity index is 2510. The quantitative estimate of drug-likeness (QED) is 0.184. The molecule has 1 spiro atoms. The molecule has 49 heavy (non-hydrogen) atoms. The monoisotopic (exact) mass is 643 g/mol. The molecular formula is C47H30ClN. The Labute approximate surface area is 291 Å². The molecule has 0 atom stereocenters. The molecule has 2 heteroatoms. The summed E-state index contributed by atoms with van der Waals surface area (Å²) < 4.78 is 0. The van der Waals surface area contributed by atoms with Gasteiger partial charge < -0.3 is 4.90 Å². The van der Waals surface area contributed by atoms with E-state index in [1.807, 2.05) is 0 Å². The van der Waals surface area contributed by atoms with Gasteiger partial charge in [0.2, 0.25) is 0 Å². The zero-order chi connectivity index (χ0) is 32.5. The first kappa shape index (κ1) is 28.2. The lowest BCUT2D eigenvalue weighted by molar-refractivity contribution is 0.794. The molecule has 2 aliphatic carbocycles. The predicted molar refractivity (Wildman–Crippen MR) is 205 cm³/mol. The molecular weight excluding hydrogens is 614 g/mol. The summed E-state index contributed by atoms with van der Waals surface area (Å²) in [5, 5.41) is 3.19. The zero-order valence-electron chi connectivity index (χ0n) is 26.6. The summed E-state index contributed by atoms with van der Waals surface area (Å²) in [5.41, 5.74) is 15.3. The van der Waals surface area contributed by atoms with Crippen LogP contribution in [0.15, 0.2) is 182 Å². The number of hydrogen-bond donors (Lipinski definition) is 0. The van der Waals surface area contributed by atoms with Gasteiger partial charge in [-0.2, -0.15) is 0 Å². The van der Waals surface area contributed by atoms with Crippen LogP contribution in [0.2, 0.25) is 5.02 Å². The smallest absolute Gasteiger partial charge is 0.0727 e. The molecule has 8 aromatic rings. The Morgan fingerprint density at radius 3 is 1.69 bits per heavy atom. The minimum atomic E-state index is -0.513. The molecule has 0 fully saturated rings. The Kier molecular flexibility index (Phi) is 6.22. The lowest BCUT2D eigenvalue weighted by Crippen LogP contribution is -2.26. The van der Waals surface area contributed by atoms with Gasteiger partial charge in [0.25, 0.3) is 0 Å². The van der Waals surface area contributed by atoms with Gasteiger partial charge in [0.05, 0.1) is 11.1 Å². The van der Waals surface area contributed by atoms with Crippen LogP contribution < -0.4 is 4.90 Å². The molecule has 0 heterocycles. The molecule has 0 radical (unpaired) electrons. The van der Waals surface area contributed by atoms with E-state index in [0.29, 0.717) is 5.02 Å². The topological polar surface area (TPSA) is 3.24 Å². The van der Waals surface area contributed by atoms with Crippen molar-refractivity contribution in [3.63, 3.8) is 0 Å². The van der Waals surface area contributed by atoms with E-state index in [9.17, 15) is 0 Å². The second-order valence-electron chi connectivity index (χ2n) is 13.0. The Morgan fingerprint density at radius 2 is 0.980 bits per heavy atom. The van der Waals surface area contributed by atoms with Gasteiger partial charge in [-0.15, -0.1) is 0 Å². The van der Waals surface area contributed by atoms with Crippen molar-refractivity contribution in [1.29, 1.82) is 0 Å². The summed E-state index contributed by atoms with van der Waals surface area (Å²) in [4.78, 5) is 2.39. The molecule has 230 valence electrons. The highest BCUT2D eigenvalue weighted by Gasteiger charge is 2.53. The summed E-state index contributed by atoms with van der Waals surface area (Å²) in [6.07, 6.45) is 0. The molecule has 0 aromatic heterocycles. The largest absolute Gasteiger partial charge is 0.310 e. The lowest BCUT2D eigenvalue weighted by Gasteiger charge is -2.32. The standard InChI is InChI=1S/C47H30ClN/c48-34-29-43-46(44(30-34)49(35-16-5-2-6-17-35)36-26-23-32(24-27-36)31-13-3-1-4-14-31)45-37-18-8-7-15-33(37)25-28-42(45)47(43)40-21-11-9-19-38(40)39-20-10-12-22-41(39)47/h1-30H. The maximum absolute atomic E-state index is 7.30. The number of nitrogens with zero attached hydrogens (tertiary/aromatic N) is 1. The first-order valence-corrected chi connectivity index (χ1v) is 17.2. The third-order valence-corrected chi connectivity index (χ3v) is 10.7. The molecule has 8 aromatic carbocycles. The van der Waals surface area contributed by atoms with Gasteiger partial charge in [-0.1, -0.05) is 157 Å². The average molecular weight is 644 g/mol. The van der Waals surface area contributed by atoms with E-state index in [4.69, 9.17) is 11.6 Å². The van der Waals surface area contributed by atoms with E-state index in [2.05, 4.69) is 187 Å². The fraction of sp³-hybridized carbons (Fsp3) is 0.0213. The molecule has 0 saturated heterocycles. The van der Waals surface area contributed by atoms with Gasteiger partial charge in [0.1, 0.15) is 0 Å². The highest BCUT2D eigenvalue weighted by Crippen LogP contribution is 2.66. The van der Waals surface area contributed by atoms with Crippen molar-refractivity contribution in [3.05, 3.63) is 209 Å². The summed E-state index contributed by atoms with van der Waals surface area (Å²) in [5.74, 6) is 0. The summed E-state index contributed by atoms with van der Waals surface area (Å²) in [7, 11) is 0. The molecule has 1 nitrogen and oxygen atoms in total. The van der Waals surface area contributed by atoms with Gasteiger partial charge in [0.15, 0.2) is 0 Å². The number of halogens is 1. The van der Waals surface area contributed by atoms with Crippen molar-refractivity contribution in [2.75, 3.05) is 4.90 Å². The maximum Gasteiger partial charge on any atom is 0.0727 e. The molecule has 0 aliphatic heterocycles. The zero-order valence-corrected chi connectivity index (χ0v) is 27.4. The van der Waals surface area contributed by atoms with Crippen LogP contribution in [0, 0.1) is 0 Å². The van der Waals surface area contributed by atoms with E-state index in [-0.39, 0.29) is 0 Å². The molecule has 0 N–H and O–H groups in total. The molecule has 10 rings (SSSR count). The summed E-state index contributed by atoms with van der Waals surface area (Å²) in [6.45, 7) is 0. The Morgan fingerprint density at radius 1 is 0.408 bits per heavy atom. The predicted octanol–water partition coefficient (Wildman–Crippen LogP) is 13.0.